The molecular formula is C17H20N4O3. The largest absolute Gasteiger partial charge is 0.493 e. The number of nitrogens with zero attached hydrogens (tertiary/aromatic N) is 2. The van der Waals surface area contributed by atoms with Crippen LogP contribution in [0.5, 0.6) is 11.5 Å². The molecule has 0 bridgehead atoms. The number of aromatic nitrogens is 2. The quantitative estimate of drug-likeness (QED) is 0.649. The van der Waals surface area contributed by atoms with Crippen LogP contribution in [0.4, 0.5) is 0 Å². The lowest BCUT2D eigenvalue weighted by atomic mass is 9.96. The van der Waals surface area contributed by atoms with E-state index in [4.69, 9.17) is 9.47 Å². The summed E-state index contributed by atoms with van der Waals surface area (Å²) in [5.41, 5.74) is 5.73. The molecule has 0 aliphatic heterocycles. The predicted octanol–water partition coefficient (Wildman–Crippen LogP) is 2.07. The fourth-order valence-electron chi connectivity index (χ4n) is 2.90. The van der Waals surface area contributed by atoms with E-state index < -0.39 is 0 Å². The van der Waals surface area contributed by atoms with Crippen molar-refractivity contribution in [3.63, 3.8) is 0 Å². The van der Waals surface area contributed by atoms with Gasteiger partial charge in [0, 0.05) is 16.8 Å². The Morgan fingerprint density at radius 1 is 1.29 bits per heavy atom. The molecule has 0 radical (unpaired) electrons. The van der Waals surface area contributed by atoms with E-state index >= 15 is 0 Å². The Hall–Kier alpha value is -2.83. The lowest BCUT2D eigenvalue weighted by Crippen LogP contribution is -2.20. The lowest BCUT2D eigenvalue weighted by molar-refractivity contribution is 0.0949. The number of ether oxygens (including phenoxy) is 2. The molecule has 24 heavy (non-hydrogen) atoms. The highest BCUT2D eigenvalue weighted by molar-refractivity contribution is 5.95. The number of aromatic amines is 1. The third-order valence-electron chi connectivity index (χ3n) is 4.07. The van der Waals surface area contributed by atoms with Gasteiger partial charge >= 0.3 is 0 Å². The SMILES string of the molecule is COc1cccc(/C=N/NC(=O)c2n[nH]c3c2CCCC3)c1OC. The van der Waals surface area contributed by atoms with E-state index in [2.05, 4.69) is 20.7 Å². The van der Waals surface area contributed by atoms with Gasteiger partial charge in [-0.15, -0.1) is 0 Å². The van der Waals surface area contributed by atoms with Gasteiger partial charge in [-0.1, -0.05) is 6.07 Å². The number of H-pyrrole nitrogens is 1. The second-order valence-corrected chi connectivity index (χ2v) is 5.52. The van der Waals surface area contributed by atoms with Gasteiger partial charge in [0.15, 0.2) is 17.2 Å². The highest BCUT2D eigenvalue weighted by Gasteiger charge is 2.21. The van der Waals surface area contributed by atoms with Crippen molar-refractivity contribution >= 4 is 12.1 Å². The Bertz CT molecular complexity index is 767. The molecule has 126 valence electrons. The Kier molecular flexibility index (Phi) is 4.79. The fourth-order valence-corrected chi connectivity index (χ4v) is 2.90. The molecule has 3 rings (SSSR count). The number of para-hydroxylation sites is 1. The van der Waals surface area contributed by atoms with Crippen LogP contribution in [0, 0.1) is 0 Å². The number of benzene rings is 1. The molecule has 7 heteroatoms. The summed E-state index contributed by atoms with van der Waals surface area (Å²) in [6.45, 7) is 0. The van der Waals surface area contributed by atoms with Crippen LogP contribution in [0.1, 0.15) is 40.2 Å². The molecule has 1 aromatic heterocycles. The molecule has 0 saturated carbocycles. The maximum Gasteiger partial charge on any atom is 0.292 e. The number of hydrazone groups is 1. The van der Waals surface area contributed by atoms with Gasteiger partial charge in [-0.3, -0.25) is 9.89 Å². The molecule has 1 heterocycles. The van der Waals surface area contributed by atoms with E-state index in [1.807, 2.05) is 12.1 Å². The predicted molar refractivity (Wildman–Crippen MR) is 89.8 cm³/mol. The molecule has 7 nitrogen and oxygen atoms in total. The van der Waals surface area contributed by atoms with E-state index in [-0.39, 0.29) is 5.91 Å². The molecule has 0 atom stereocenters. The molecule has 1 aliphatic carbocycles. The minimum Gasteiger partial charge on any atom is -0.493 e. The average molecular weight is 328 g/mol. The minimum atomic E-state index is -0.312. The Balaban J connectivity index is 1.73. The molecule has 0 saturated heterocycles. The first-order valence-electron chi connectivity index (χ1n) is 7.85. The van der Waals surface area contributed by atoms with Crippen LogP contribution in [-0.2, 0) is 12.8 Å². The summed E-state index contributed by atoms with van der Waals surface area (Å²) in [5, 5.41) is 11.1. The zero-order valence-electron chi connectivity index (χ0n) is 13.8. The molecule has 1 amide bonds. The number of carbonyl (C=O) groups is 1. The van der Waals surface area contributed by atoms with Crippen molar-refractivity contribution in [2.45, 2.75) is 25.7 Å². The van der Waals surface area contributed by atoms with Crippen LogP contribution in [0.15, 0.2) is 23.3 Å². The van der Waals surface area contributed by atoms with Crippen LogP contribution in [0.2, 0.25) is 0 Å². The van der Waals surface area contributed by atoms with Gasteiger partial charge in [0.25, 0.3) is 5.91 Å². The second-order valence-electron chi connectivity index (χ2n) is 5.52. The Labute approximate surface area is 140 Å². The minimum absolute atomic E-state index is 0.312. The van der Waals surface area contributed by atoms with Crippen LogP contribution >= 0.6 is 0 Å². The summed E-state index contributed by atoms with van der Waals surface area (Å²) < 4.78 is 10.6. The number of rotatable bonds is 5. The summed E-state index contributed by atoms with van der Waals surface area (Å²) in [6.07, 6.45) is 5.56. The molecule has 0 spiro atoms. The number of fused-ring (bicyclic) bond motifs is 1. The van der Waals surface area contributed by atoms with Crippen molar-refractivity contribution in [2.24, 2.45) is 5.10 Å². The topological polar surface area (TPSA) is 88.6 Å². The van der Waals surface area contributed by atoms with Gasteiger partial charge in [-0.25, -0.2) is 5.43 Å². The first-order valence-corrected chi connectivity index (χ1v) is 7.85. The first kappa shape index (κ1) is 16.0. The van der Waals surface area contributed by atoms with E-state index in [1.54, 1.807) is 20.3 Å². The number of nitrogens with one attached hydrogen (secondary N) is 2. The average Bonchev–Trinajstić information content (AvgIpc) is 3.05. The van der Waals surface area contributed by atoms with Gasteiger partial charge in [0.1, 0.15) is 0 Å². The maximum absolute atomic E-state index is 12.3. The van der Waals surface area contributed by atoms with E-state index in [9.17, 15) is 4.79 Å². The van der Waals surface area contributed by atoms with Crippen molar-refractivity contribution in [3.8, 4) is 11.5 Å². The van der Waals surface area contributed by atoms with E-state index in [0.29, 0.717) is 22.8 Å². The van der Waals surface area contributed by atoms with Crippen LogP contribution in [0.25, 0.3) is 0 Å². The number of aryl methyl sites for hydroxylation is 1. The van der Waals surface area contributed by atoms with Gasteiger partial charge < -0.3 is 9.47 Å². The Morgan fingerprint density at radius 3 is 2.92 bits per heavy atom. The van der Waals surface area contributed by atoms with Crippen LogP contribution in [-0.4, -0.2) is 36.5 Å². The van der Waals surface area contributed by atoms with Crippen LogP contribution in [0.3, 0.4) is 0 Å². The smallest absolute Gasteiger partial charge is 0.292 e. The zero-order valence-corrected chi connectivity index (χ0v) is 13.8. The van der Waals surface area contributed by atoms with Crippen molar-refractivity contribution < 1.29 is 14.3 Å². The molecule has 0 unspecified atom stereocenters. The van der Waals surface area contributed by atoms with E-state index in [1.165, 1.54) is 6.21 Å². The van der Waals surface area contributed by atoms with Crippen LogP contribution < -0.4 is 14.9 Å². The lowest BCUT2D eigenvalue weighted by Gasteiger charge is -2.10. The van der Waals surface area contributed by atoms with Gasteiger partial charge in [-0.05, 0) is 37.8 Å². The summed E-state index contributed by atoms with van der Waals surface area (Å²) in [5.74, 6) is 0.858. The first-order chi connectivity index (χ1) is 11.7. The molecule has 1 aliphatic rings. The highest BCUT2D eigenvalue weighted by Crippen LogP contribution is 2.29. The number of hydrogen-bond acceptors (Lipinski definition) is 5. The highest BCUT2D eigenvalue weighted by atomic mass is 16.5. The number of hydrogen-bond donors (Lipinski definition) is 2. The summed E-state index contributed by atoms with van der Waals surface area (Å²) >= 11 is 0. The third kappa shape index (κ3) is 3.10. The molecular weight excluding hydrogens is 308 g/mol. The molecule has 2 aromatic rings. The van der Waals surface area contributed by atoms with E-state index in [0.717, 1.165) is 36.9 Å². The monoisotopic (exact) mass is 328 g/mol. The fraction of sp³-hybridized carbons (Fsp3) is 0.353. The maximum atomic E-state index is 12.3. The van der Waals surface area contributed by atoms with Gasteiger partial charge in [0.05, 0.1) is 20.4 Å². The standard InChI is InChI=1S/C17H20N4O3/c1-23-14-9-5-6-11(16(14)24-2)10-18-21-17(22)15-12-7-3-4-8-13(12)19-20-15/h5-6,9-10H,3-4,7-8H2,1-2H3,(H,19,20)(H,21,22)/b18-10+. The molecule has 0 fully saturated rings. The zero-order chi connectivity index (χ0) is 16.9. The Morgan fingerprint density at radius 2 is 2.12 bits per heavy atom. The van der Waals surface area contributed by atoms with Gasteiger partial charge in [-0.2, -0.15) is 10.2 Å². The number of carbonyl (C=O) groups excluding carboxylic acids is 1. The van der Waals surface area contributed by atoms with Crippen molar-refractivity contribution in [2.75, 3.05) is 14.2 Å². The van der Waals surface area contributed by atoms with Gasteiger partial charge in [0.2, 0.25) is 0 Å². The summed E-state index contributed by atoms with van der Waals surface area (Å²) in [6, 6.07) is 5.45. The normalized spacial score (nSPS) is 13.6. The third-order valence-corrected chi connectivity index (χ3v) is 4.07. The number of methoxy groups -OCH3 is 2. The molecule has 2 N–H and O–H groups in total. The molecule has 1 aromatic carbocycles. The van der Waals surface area contributed by atoms with Crippen molar-refractivity contribution in [3.05, 3.63) is 40.7 Å². The number of amides is 1. The summed E-state index contributed by atoms with van der Waals surface area (Å²) in [4.78, 5) is 12.3. The second kappa shape index (κ2) is 7.16. The van der Waals surface area contributed by atoms with Crippen molar-refractivity contribution in [1.29, 1.82) is 0 Å². The van der Waals surface area contributed by atoms with Crippen molar-refractivity contribution in [1.82, 2.24) is 15.6 Å². The summed E-state index contributed by atoms with van der Waals surface area (Å²) in [7, 11) is 3.13.